The molecule has 1 aliphatic carbocycles. The second-order valence-corrected chi connectivity index (χ2v) is 16.6. The third-order valence-electron chi connectivity index (χ3n) is 11.9. The summed E-state index contributed by atoms with van der Waals surface area (Å²) in [6.45, 7) is 3.12. The third kappa shape index (κ3) is 8.80. The Kier molecular flexibility index (Phi) is 12.3. The molecule has 3 saturated heterocycles. The molecule has 62 heavy (non-hydrogen) atoms. The minimum atomic E-state index is -4.82. The van der Waals surface area contributed by atoms with E-state index in [1.54, 1.807) is 48.9 Å². The number of aryl methyl sites for hydroxylation is 1. The highest BCUT2D eigenvalue weighted by Crippen LogP contribution is 2.41. The predicted molar refractivity (Wildman–Crippen MR) is 217 cm³/mol. The summed E-state index contributed by atoms with van der Waals surface area (Å²) in [5, 5.41) is 19.2. The lowest BCUT2D eigenvalue weighted by Gasteiger charge is -2.42. The van der Waals surface area contributed by atoms with Crippen LogP contribution in [-0.2, 0) is 32.3 Å². The number of rotatable bonds is 10. The summed E-state index contributed by atoms with van der Waals surface area (Å²) in [7, 11) is 1.60. The Balaban J connectivity index is 0.910. The molecule has 0 spiro atoms. The van der Waals surface area contributed by atoms with Crippen molar-refractivity contribution in [2.45, 2.75) is 82.0 Å². The lowest BCUT2D eigenvalue weighted by molar-refractivity contribution is -0.197. The molecule has 1 aromatic heterocycles. The summed E-state index contributed by atoms with van der Waals surface area (Å²) < 4.78 is 92.1. The van der Waals surface area contributed by atoms with Crippen molar-refractivity contribution in [1.29, 1.82) is 5.26 Å². The van der Waals surface area contributed by atoms with Gasteiger partial charge in [-0.15, -0.1) is 0 Å². The van der Waals surface area contributed by atoms with Crippen LogP contribution in [0.3, 0.4) is 0 Å². The van der Waals surface area contributed by atoms with Gasteiger partial charge in [0.25, 0.3) is 5.91 Å². The number of imide groups is 1. The molecule has 0 radical (unpaired) electrons. The number of hydrogen-bond donors (Lipinski definition) is 2. The number of piperazine rings is 1. The van der Waals surface area contributed by atoms with Crippen LogP contribution in [0.15, 0.2) is 36.4 Å². The van der Waals surface area contributed by atoms with Gasteiger partial charge in [0.05, 0.1) is 53.3 Å². The number of nitrogens with zero attached hydrogens (tertiary/aromatic N) is 8. The second-order valence-electron chi connectivity index (χ2n) is 16.3. The normalized spacial score (nSPS) is 23.0. The van der Waals surface area contributed by atoms with Gasteiger partial charge >= 0.3 is 18.4 Å². The zero-order valence-electron chi connectivity index (χ0n) is 34.0. The van der Waals surface area contributed by atoms with Crippen LogP contribution >= 0.6 is 12.2 Å². The van der Waals surface area contributed by atoms with E-state index in [0.29, 0.717) is 42.3 Å². The van der Waals surface area contributed by atoms with Gasteiger partial charge < -0.3 is 15.0 Å². The Labute approximate surface area is 357 Å². The molecule has 7 rings (SSSR count). The summed E-state index contributed by atoms with van der Waals surface area (Å²) in [6.07, 6.45) is -7.39. The SMILES string of the molecule is Cn1nc(N2CCC(=O)NC2=O)c2cccc(NC(=O)CN3CCN(CCO[C@H]4CC[C@H](N5C(=S)N(c6ccc(C#N)c(C(F)(F)F)c6)C(=O)C5(C)C)CC4)CC3C(F)(F)F)c21. The lowest BCUT2D eigenvalue weighted by atomic mass is 9.89. The molecule has 4 fully saturated rings. The van der Waals surface area contributed by atoms with Crippen molar-refractivity contribution in [2.24, 2.45) is 7.05 Å². The van der Waals surface area contributed by atoms with Crippen molar-refractivity contribution < 1.29 is 50.3 Å². The zero-order chi connectivity index (χ0) is 44.9. The standard InChI is InChI=1S/C40H44F6N10O5S/c1-38(2)35(59)55(25-8-7-23(20-47)28(19-25)39(41,42)43)37(62)56(38)24-9-11-26(12-10-24)61-18-17-52-15-16-53(30(21-52)40(44,45)46)22-32(58)48-29-6-4-5-27-33(29)51(3)50-34(27)54-14-13-31(57)49-36(54)60/h4-8,19,24,26,30H,9-18,21-22H2,1-3H3,(H,48,58)(H,49,57,60)/t24-,26-,30?. The van der Waals surface area contributed by atoms with Gasteiger partial charge in [-0.1, -0.05) is 6.07 Å². The fourth-order valence-electron chi connectivity index (χ4n) is 8.81. The number of hydrogen-bond acceptors (Lipinski definition) is 10. The number of para-hydroxylation sites is 1. The maximum absolute atomic E-state index is 14.4. The molecule has 0 bridgehead atoms. The highest BCUT2D eigenvalue weighted by atomic mass is 32.1. The van der Waals surface area contributed by atoms with E-state index in [0.717, 1.165) is 21.9 Å². The highest BCUT2D eigenvalue weighted by Gasteiger charge is 2.53. The number of anilines is 3. The Hall–Kier alpha value is -5.37. The zero-order valence-corrected chi connectivity index (χ0v) is 34.8. The van der Waals surface area contributed by atoms with E-state index in [-0.39, 0.29) is 74.5 Å². The smallest absolute Gasteiger partial charge is 0.377 e. The summed E-state index contributed by atoms with van der Waals surface area (Å²) in [5.74, 6) is -1.30. The second kappa shape index (κ2) is 17.1. The van der Waals surface area contributed by atoms with Gasteiger partial charge in [0.1, 0.15) is 11.6 Å². The first kappa shape index (κ1) is 44.7. The van der Waals surface area contributed by atoms with Crippen LogP contribution in [0.2, 0.25) is 0 Å². The van der Waals surface area contributed by atoms with E-state index in [1.165, 1.54) is 21.7 Å². The van der Waals surface area contributed by atoms with Crippen LogP contribution in [-0.4, -0.2) is 129 Å². The molecular weight excluding hydrogens is 847 g/mol. The largest absolute Gasteiger partial charge is 0.417 e. The van der Waals surface area contributed by atoms with Crippen LogP contribution in [0.25, 0.3) is 10.9 Å². The monoisotopic (exact) mass is 890 g/mol. The molecular formula is C40H44F6N10O5S. The van der Waals surface area contributed by atoms with E-state index in [4.69, 9.17) is 17.0 Å². The van der Waals surface area contributed by atoms with Gasteiger partial charge in [0, 0.05) is 57.6 Å². The number of fused-ring (bicyclic) bond motifs is 1. The highest BCUT2D eigenvalue weighted by molar-refractivity contribution is 7.80. The Morgan fingerprint density at radius 1 is 1.05 bits per heavy atom. The summed E-state index contributed by atoms with van der Waals surface area (Å²) in [4.78, 5) is 58.0. The van der Waals surface area contributed by atoms with E-state index in [9.17, 15) is 50.8 Å². The number of nitriles is 1. The van der Waals surface area contributed by atoms with Crippen LogP contribution < -0.4 is 20.4 Å². The molecule has 2 aromatic carbocycles. The average Bonchev–Trinajstić information content (AvgIpc) is 3.63. The number of carbonyl (C=O) groups excluding carboxylic acids is 4. The van der Waals surface area contributed by atoms with Gasteiger partial charge in [0.15, 0.2) is 10.9 Å². The number of thiocarbonyl (C=S) groups is 1. The minimum Gasteiger partial charge on any atom is -0.377 e. The molecule has 1 unspecified atom stereocenters. The van der Waals surface area contributed by atoms with Crippen molar-refractivity contribution in [2.75, 3.05) is 61.0 Å². The fourth-order valence-corrected chi connectivity index (χ4v) is 9.38. The number of halogens is 6. The number of alkyl halides is 6. The Bertz CT molecular complexity index is 2320. The number of ether oxygens (including phenoxy) is 1. The number of carbonyl (C=O) groups is 4. The van der Waals surface area contributed by atoms with Crippen molar-refractivity contribution >= 4 is 69.2 Å². The van der Waals surface area contributed by atoms with Crippen molar-refractivity contribution in [3.63, 3.8) is 0 Å². The number of benzene rings is 2. The van der Waals surface area contributed by atoms with Gasteiger partial charge in [-0.25, -0.2) is 4.79 Å². The van der Waals surface area contributed by atoms with Crippen molar-refractivity contribution in [1.82, 2.24) is 29.8 Å². The Morgan fingerprint density at radius 2 is 1.77 bits per heavy atom. The quantitative estimate of drug-likeness (QED) is 0.205. The van der Waals surface area contributed by atoms with Crippen LogP contribution in [0.1, 0.15) is 57.1 Å². The summed E-state index contributed by atoms with van der Waals surface area (Å²) in [6, 6.07) is 6.70. The van der Waals surface area contributed by atoms with Gasteiger partial charge in [-0.3, -0.25) is 44.0 Å². The first-order valence-corrected chi connectivity index (χ1v) is 20.4. The van der Waals surface area contributed by atoms with Crippen LogP contribution in [0.5, 0.6) is 0 Å². The molecule has 4 heterocycles. The molecule has 1 atom stereocenters. The third-order valence-corrected chi connectivity index (χ3v) is 12.3. The van der Waals surface area contributed by atoms with E-state index >= 15 is 0 Å². The van der Waals surface area contributed by atoms with E-state index in [1.807, 2.05) is 0 Å². The number of urea groups is 1. The fraction of sp³-hybridized carbons (Fsp3) is 0.525. The van der Waals surface area contributed by atoms with Gasteiger partial charge in [0.2, 0.25) is 11.8 Å². The molecule has 4 aliphatic rings. The minimum absolute atomic E-state index is 0.0349. The first-order valence-electron chi connectivity index (χ1n) is 20.0. The molecule has 3 aromatic rings. The molecule has 3 aliphatic heterocycles. The average molecular weight is 891 g/mol. The number of nitrogens with one attached hydrogen (secondary N) is 2. The summed E-state index contributed by atoms with van der Waals surface area (Å²) in [5.41, 5.74) is -2.26. The maximum Gasteiger partial charge on any atom is 0.417 e. The molecule has 15 nitrogen and oxygen atoms in total. The maximum atomic E-state index is 14.4. The Morgan fingerprint density at radius 3 is 2.44 bits per heavy atom. The summed E-state index contributed by atoms with van der Waals surface area (Å²) >= 11 is 5.68. The van der Waals surface area contributed by atoms with Gasteiger partial charge in [-0.2, -0.15) is 36.7 Å². The van der Waals surface area contributed by atoms with E-state index in [2.05, 4.69) is 15.7 Å². The van der Waals surface area contributed by atoms with Crippen LogP contribution in [0, 0.1) is 11.3 Å². The molecule has 332 valence electrons. The predicted octanol–water partition coefficient (Wildman–Crippen LogP) is 5.14. The topological polar surface area (TPSA) is 159 Å². The van der Waals surface area contributed by atoms with E-state index < -0.39 is 65.4 Å². The number of aromatic nitrogens is 2. The molecule has 2 N–H and O–H groups in total. The first-order chi connectivity index (χ1) is 29.2. The van der Waals surface area contributed by atoms with Gasteiger partial charge in [-0.05, 0) is 82.1 Å². The molecule has 22 heteroatoms. The van der Waals surface area contributed by atoms with Crippen LogP contribution in [0.4, 0.5) is 48.3 Å². The molecule has 1 saturated carbocycles. The van der Waals surface area contributed by atoms with Crippen molar-refractivity contribution in [3.05, 3.63) is 47.5 Å². The molecule has 5 amide bonds. The van der Waals surface area contributed by atoms with Crippen molar-refractivity contribution in [3.8, 4) is 6.07 Å². The number of amides is 5. The lowest BCUT2D eigenvalue weighted by Crippen LogP contribution is -2.60.